The largest absolute Gasteiger partial charge is 0.502 e. The van der Waals surface area contributed by atoms with Crippen molar-refractivity contribution in [3.05, 3.63) is 67.8 Å². The third kappa shape index (κ3) is 9.42. The molecule has 0 aliphatic carbocycles. The fourth-order valence-electron chi connectivity index (χ4n) is 2.60. The van der Waals surface area contributed by atoms with Gasteiger partial charge in [0.25, 0.3) is 0 Å². The van der Waals surface area contributed by atoms with Gasteiger partial charge in [-0.15, -0.1) is 0 Å². The van der Waals surface area contributed by atoms with Crippen LogP contribution >= 0.6 is 0 Å². The van der Waals surface area contributed by atoms with E-state index in [1.165, 1.54) is 24.3 Å². The van der Waals surface area contributed by atoms with Gasteiger partial charge in [0.1, 0.15) is 12.6 Å². The SMILES string of the molecule is CCOC(=O)CCCCCOc1cc(C=O)ccc1[N+](=O)[O-].O=Cc1ccc([N+](=O)[O-])c(O)c1. The Morgan fingerprint density at radius 3 is 2.06 bits per heavy atom. The lowest BCUT2D eigenvalue weighted by atomic mass is 10.2. The van der Waals surface area contributed by atoms with E-state index in [2.05, 4.69) is 0 Å². The molecule has 0 fully saturated rings. The maximum absolute atomic E-state index is 11.1. The summed E-state index contributed by atoms with van der Waals surface area (Å²) in [6, 6.07) is 7.37. The van der Waals surface area contributed by atoms with Crippen molar-refractivity contribution in [1.82, 2.24) is 0 Å². The van der Waals surface area contributed by atoms with Gasteiger partial charge in [-0.05, 0) is 50.5 Å². The first kappa shape index (κ1) is 27.7. The monoisotopic (exact) mass is 476 g/mol. The summed E-state index contributed by atoms with van der Waals surface area (Å²) < 4.78 is 10.2. The number of nitrogens with zero attached hydrogens (tertiary/aromatic N) is 2. The molecule has 12 nitrogen and oxygen atoms in total. The Bertz CT molecular complexity index is 1020. The molecule has 0 aliphatic heterocycles. The number of ether oxygens (including phenoxy) is 2. The highest BCUT2D eigenvalue weighted by Crippen LogP contribution is 2.28. The fraction of sp³-hybridized carbons (Fsp3) is 0.318. The molecule has 0 amide bonds. The van der Waals surface area contributed by atoms with Crippen molar-refractivity contribution in [1.29, 1.82) is 0 Å². The number of carbonyl (C=O) groups excluding carboxylic acids is 3. The number of phenols is 1. The zero-order valence-electron chi connectivity index (χ0n) is 18.4. The van der Waals surface area contributed by atoms with Crippen molar-refractivity contribution in [2.75, 3.05) is 13.2 Å². The molecule has 2 rings (SSSR count). The fourth-order valence-corrected chi connectivity index (χ4v) is 2.60. The van der Waals surface area contributed by atoms with Crippen LogP contribution in [0.3, 0.4) is 0 Å². The molecule has 34 heavy (non-hydrogen) atoms. The number of hydrogen-bond donors (Lipinski definition) is 1. The number of hydrogen-bond acceptors (Lipinski definition) is 10. The molecular formula is C22H24N2O10. The molecular weight excluding hydrogens is 452 g/mol. The van der Waals surface area contributed by atoms with Crippen LogP contribution in [0.2, 0.25) is 0 Å². The Morgan fingerprint density at radius 2 is 1.53 bits per heavy atom. The molecule has 2 aromatic rings. The van der Waals surface area contributed by atoms with Crippen molar-refractivity contribution in [3.8, 4) is 11.5 Å². The Kier molecular flexibility index (Phi) is 11.9. The van der Waals surface area contributed by atoms with E-state index in [0.717, 1.165) is 18.6 Å². The molecule has 0 unspecified atom stereocenters. The van der Waals surface area contributed by atoms with Crippen LogP contribution in [-0.4, -0.2) is 46.7 Å². The lowest BCUT2D eigenvalue weighted by Crippen LogP contribution is -2.04. The summed E-state index contributed by atoms with van der Waals surface area (Å²) in [7, 11) is 0. The summed E-state index contributed by atoms with van der Waals surface area (Å²) in [5.74, 6) is -0.637. The zero-order valence-corrected chi connectivity index (χ0v) is 18.4. The van der Waals surface area contributed by atoms with Crippen molar-refractivity contribution in [3.63, 3.8) is 0 Å². The van der Waals surface area contributed by atoms with Gasteiger partial charge in [0.05, 0.1) is 23.1 Å². The first-order valence-corrected chi connectivity index (χ1v) is 10.2. The Balaban J connectivity index is 0.000000404. The van der Waals surface area contributed by atoms with E-state index in [1.807, 2.05) is 0 Å². The van der Waals surface area contributed by atoms with Gasteiger partial charge in [0, 0.05) is 29.7 Å². The van der Waals surface area contributed by atoms with Crippen molar-refractivity contribution in [2.24, 2.45) is 0 Å². The normalized spacial score (nSPS) is 9.79. The molecule has 0 saturated heterocycles. The molecule has 1 N–H and O–H groups in total. The summed E-state index contributed by atoms with van der Waals surface area (Å²) in [6.07, 6.45) is 3.55. The predicted molar refractivity (Wildman–Crippen MR) is 119 cm³/mol. The van der Waals surface area contributed by atoms with Crippen LogP contribution in [0.5, 0.6) is 11.5 Å². The van der Waals surface area contributed by atoms with Crippen LogP contribution in [0.1, 0.15) is 53.3 Å². The lowest BCUT2D eigenvalue weighted by molar-refractivity contribution is -0.386. The summed E-state index contributed by atoms with van der Waals surface area (Å²) in [5.41, 5.74) is -0.0428. The number of phenolic OH excluding ortho intramolecular Hbond substituents is 1. The van der Waals surface area contributed by atoms with Crippen LogP contribution < -0.4 is 4.74 Å². The molecule has 2 aromatic carbocycles. The first-order valence-electron chi connectivity index (χ1n) is 10.2. The second-order valence-electron chi connectivity index (χ2n) is 6.69. The molecule has 182 valence electrons. The van der Waals surface area contributed by atoms with Gasteiger partial charge in [-0.2, -0.15) is 0 Å². The van der Waals surface area contributed by atoms with Gasteiger partial charge in [-0.25, -0.2) is 0 Å². The molecule has 12 heteroatoms. The average Bonchev–Trinajstić information content (AvgIpc) is 2.81. The van der Waals surface area contributed by atoms with Crippen LogP contribution in [0.15, 0.2) is 36.4 Å². The molecule has 0 aromatic heterocycles. The predicted octanol–water partition coefficient (Wildman–Crippen LogP) is 4.02. The second kappa shape index (κ2) is 14.7. The van der Waals surface area contributed by atoms with E-state index < -0.39 is 21.3 Å². The maximum atomic E-state index is 11.1. The quantitative estimate of drug-likeness (QED) is 0.155. The van der Waals surface area contributed by atoms with E-state index >= 15 is 0 Å². The molecule has 0 radical (unpaired) electrons. The van der Waals surface area contributed by atoms with Crippen molar-refractivity contribution >= 4 is 29.9 Å². The Labute approximate surface area is 194 Å². The van der Waals surface area contributed by atoms with E-state index in [9.17, 15) is 34.6 Å². The molecule has 0 aliphatic rings. The molecule has 0 atom stereocenters. The number of aromatic hydroxyl groups is 1. The van der Waals surface area contributed by atoms with E-state index in [-0.39, 0.29) is 29.6 Å². The topological polar surface area (TPSA) is 176 Å². The highest BCUT2D eigenvalue weighted by molar-refractivity contribution is 5.77. The smallest absolute Gasteiger partial charge is 0.310 e. The minimum atomic E-state index is -0.718. The number of carbonyl (C=O) groups is 3. The third-order valence-corrected chi connectivity index (χ3v) is 4.24. The third-order valence-electron chi connectivity index (χ3n) is 4.24. The van der Waals surface area contributed by atoms with Crippen molar-refractivity contribution < 1.29 is 38.8 Å². The molecule has 0 saturated carbocycles. The average molecular weight is 476 g/mol. The van der Waals surface area contributed by atoms with Gasteiger partial charge in [0.2, 0.25) is 0 Å². The number of rotatable bonds is 12. The Hall–Kier alpha value is -4.35. The molecule has 0 spiro atoms. The van der Waals surface area contributed by atoms with E-state index in [4.69, 9.17) is 14.6 Å². The van der Waals surface area contributed by atoms with Gasteiger partial charge in [-0.1, -0.05) is 0 Å². The summed E-state index contributed by atoms with van der Waals surface area (Å²) in [6.45, 7) is 2.41. The highest BCUT2D eigenvalue weighted by Gasteiger charge is 2.15. The Morgan fingerprint density at radius 1 is 0.941 bits per heavy atom. The van der Waals surface area contributed by atoms with Gasteiger partial charge >= 0.3 is 17.3 Å². The van der Waals surface area contributed by atoms with Crippen molar-refractivity contribution in [2.45, 2.75) is 32.6 Å². The summed E-state index contributed by atoms with van der Waals surface area (Å²) >= 11 is 0. The molecule has 0 heterocycles. The van der Waals surface area contributed by atoms with Gasteiger partial charge < -0.3 is 14.6 Å². The zero-order chi connectivity index (χ0) is 25.5. The first-order chi connectivity index (χ1) is 16.2. The number of esters is 1. The van der Waals surface area contributed by atoms with Crippen LogP contribution in [-0.2, 0) is 9.53 Å². The van der Waals surface area contributed by atoms with E-state index in [1.54, 1.807) is 6.92 Å². The van der Waals surface area contributed by atoms with Crippen LogP contribution in [0.4, 0.5) is 11.4 Å². The minimum absolute atomic E-state index is 0.0833. The van der Waals surface area contributed by atoms with Gasteiger partial charge in [-0.3, -0.25) is 34.6 Å². The number of aldehydes is 2. The summed E-state index contributed by atoms with van der Waals surface area (Å²) in [5, 5.41) is 30.0. The lowest BCUT2D eigenvalue weighted by Gasteiger charge is -2.07. The molecule has 0 bridgehead atoms. The maximum Gasteiger partial charge on any atom is 0.310 e. The standard InChI is InChI=1S/C15H19NO6.C7H5NO4/c1-2-21-15(18)6-4-3-5-9-22-14-10-12(11-17)7-8-13(14)16(19)20;9-4-5-1-2-6(8(11)12)7(10)3-5/h7-8,10-11H,2-6,9H2,1H3;1-4,10H. The number of unbranched alkanes of at least 4 members (excludes halogenated alkanes) is 2. The highest BCUT2D eigenvalue weighted by atomic mass is 16.6. The van der Waals surface area contributed by atoms with E-state index in [0.29, 0.717) is 44.0 Å². The summed E-state index contributed by atoms with van der Waals surface area (Å²) in [4.78, 5) is 51.8. The second-order valence-corrected chi connectivity index (χ2v) is 6.69. The number of nitro groups is 2. The van der Waals surface area contributed by atoms with Gasteiger partial charge in [0.15, 0.2) is 11.5 Å². The van der Waals surface area contributed by atoms with Crippen LogP contribution in [0, 0.1) is 20.2 Å². The van der Waals surface area contributed by atoms with Crippen LogP contribution in [0.25, 0.3) is 0 Å². The number of nitro benzene ring substituents is 2. The minimum Gasteiger partial charge on any atom is -0.502 e. The number of benzene rings is 2.